The Morgan fingerprint density at radius 1 is 1.22 bits per heavy atom. The molecule has 1 aliphatic rings. The van der Waals surface area contributed by atoms with Gasteiger partial charge in [-0.05, 0) is 45.9 Å². The van der Waals surface area contributed by atoms with Crippen LogP contribution in [0.1, 0.15) is 32.2 Å². The van der Waals surface area contributed by atoms with Crippen LogP contribution in [0.15, 0.2) is 24.3 Å². The molecule has 0 bridgehead atoms. The van der Waals surface area contributed by atoms with Crippen molar-refractivity contribution in [2.45, 2.75) is 46.4 Å². The van der Waals surface area contributed by atoms with Gasteiger partial charge < -0.3 is 9.64 Å². The Bertz CT molecular complexity index is 730. The first-order valence-electron chi connectivity index (χ1n) is 7.80. The molecule has 0 radical (unpaired) electrons. The Balaban J connectivity index is 1.78. The zero-order valence-electron chi connectivity index (χ0n) is 14.0. The molecule has 122 valence electrons. The molecule has 3 heterocycles. The third-order valence-corrected chi connectivity index (χ3v) is 3.60. The molecule has 6 nitrogen and oxygen atoms in total. The molecule has 0 aromatic carbocycles. The normalized spacial score (nSPS) is 14.5. The molecule has 0 N–H and O–H groups in total. The van der Waals surface area contributed by atoms with Crippen molar-refractivity contribution in [2.24, 2.45) is 0 Å². The van der Waals surface area contributed by atoms with Gasteiger partial charge in [0.1, 0.15) is 11.3 Å². The van der Waals surface area contributed by atoms with E-state index in [1.54, 1.807) is 4.90 Å². The van der Waals surface area contributed by atoms with E-state index in [-0.39, 0.29) is 6.09 Å². The van der Waals surface area contributed by atoms with Gasteiger partial charge in [-0.2, -0.15) is 5.10 Å². The molecule has 6 heteroatoms. The van der Waals surface area contributed by atoms with Crippen molar-refractivity contribution in [2.75, 3.05) is 6.54 Å². The second-order valence-electron chi connectivity index (χ2n) is 6.81. The molecule has 0 unspecified atom stereocenters. The molecule has 3 rings (SSSR count). The summed E-state index contributed by atoms with van der Waals surface area (Å²) in [5.74, 6) is 0. The number of carbonyl (C=O) groups excluding carboxylic acids is 1. The van der Waals surface area contributed by atoms with E-state index in [9.17, 15) is 4.79 Å². The summed E-state index contributed by atoms with van der Waals surface area (Å²) in [6.07, 6.45) is -0.278. The third-order valence-electron chi connectivity index (χ3n) is 3.60. The number of carbonyl (C=O) groups is 1. The molecule has 23 heavy (non-hydrogen) atoms. The van der Waals surface area contributed by atoms with Gasteiger partial charge in [-0.1, -0.05) is 6.07 Å². The van der Waals surface area contributed by atoms with E-state index >= 15 is 0 Å². The summed E-state index contributed by atoms with van der Waals surface area (Å²) in [6, 6.07) is 7.89. The number of fused-ring (bicyclic) bond motifs is 1. The molecule has 1 amide bonds. The molecule has 0 saturated carbocycles. The molecular weight excluding hydrogens is 292 g/mol. The minimum Gasteiger partial charge on any atom is -0.444 e. The van der Waals surface area contributed by atoms with Crippen LogP contribution in [0.3, 0.4) is 0 Å². The Morgan fingerprint density at radius 2 is 2.00 bits per heavy atom. The number of nitrogens with zero attached hydrogens (tertiary/aromatic N) is 4. The first kappa shape index (κ1) is 15.5. The average Bonchev–Trinajstić information content (AvgIpc) is 2.88. The highest BCUT2D eigenvalue weighted by Gasteiger charge is 2.26. The quantitative estimate of drug-likeness (QED) is 0.812. The highest BCUT2D eigenvalue weighted by molar-refractivity contribution is 5.68. The first-order valence-corrected chi connectivity index (χ1v) is 7.80. The van der Waals surface area contributed by atoms with E-state index in [4.69, 9.17) is 4.74 Å². The molecule has 2 aromatic heterocycles. The maximum absolute atomic E-state index is 12.2. The summed E-state index contributed by atoms with van der Waals surface area (Å²) >= 11 is 0. The second kappa shape index (κ2) is 5.68. The number of hydrogen-bond acceptors (Lipinski definition) is 4. The zero-order chi connectivity index (χ0) is 16.6. The van der Waals surface area contributed by atoms with Crippen LogP contribution in [0.5, 0.6) is 0 Å². The van der Waals surface area contributed by atoms with Crippen LogP contribution in [-0.4, -0.2) is 37.9 Å². The number of rotatable bonds is 1. The lowest BCUT2D eigenvalue weighted by atomic mass is 10.2. The summed E-state index contributed by atoms with van der Waals surface area (Å²) in [6.45, 7) is 9.37. The highest BCUT2D eigenvalue weighted by Crippen LogP contribution is 2.22. The van der Waals surface area contributed by atoms with Crippen molar-refractivity contribution in [3.63, 3.8) is 0 Å². The molecule has 0 aliphatic carbocycles. The van der Waals surface area contributed by atoms with Crippen LogP contribution in [0, 0.1) is 6.92 Å². The van der Waals surface area contributed by atoms with Gasteiger partial charge in [-0.3, -0.25) is 9.67 Å². The standard InChI is InChI=1S/C17H22N4O2/c1-12-6-5-7-14(18-12)15-10-13-11-20(8-9-21(13)19-15)16(22)23-17(2,3)4/h5-7,10H,8-9,11H2,1-4H3. The summed E-state index contributed by atoms with van der Waals surface area (Å²) in [7, 11) is 0. The van der Waals surface area contributed by atoms with Gasteiger partial charge in [0, 0.05) is 12.2 Å². The van der Waals surface area contributed by atoms with Crippen LogP contribution in [-0.2, 0) is 17.8 Å². The number of hydrogen-bond donors (Lipinski definition) is 0. The fourth-order valence-corrected chi connectivity index (χ4v) is 2.56. The van der Waals surface area contributed by atoms with E-state index < -0.39 is 5.60 Å². The molecular formula is C17H22N4O2. The minimum absolute atomic E-state index is 0.278. The highest BCUT2D eigenvalue weighted by atomic mass is 16.6. The van der Waals surface area contributed by atoms with Crippen LogP contribution in [0.25, 0.3) is 11.4 Å². The molecule has 1 aliphatic heterocycles. The van der Waals surface area contributed by atoms with Gasteiger partial charge in [0.15, 0.2) is 0 Å². The summed E-state index contributed by atoms with van der Waals surface area (Å²) in [4.78, 5) is 18.4. The molecule has 2 aromatic rings. The van der Waals surface area contributed by atoms with Gasteiger partial charge in [0.2, 0.25) is 0 Å². The van der Waals surface area contributed by atoms with Crippen LogP contribution in [0.2, 0.25) is 0 Å². The summed E-state index contributed by atoms with van der Waals surface area (Å²) in [5, 5.41) is 4.61. The number of aryl methyl sites for hydroxylation is 1. The van der Waals surface area contributed by atoms with Crippen molar-refractivity contribution in [3.8, 4) is 11.4 Å². The van der Waals surface area contributed by atoms with Crippen molar-refractivity contribution in [1.82, 2.24) is 19.7 Å². The van der Waals surface area contributed by atoms with E-state index in [1.807, 2.05) is 56.6 Å². The summed E-state index contributed by atoms with van der Waals surface area (Å²) < 4.78 is 7.39. The smallest absolute Gasteiger partial charge is 0.410 e. The largest absolute Gasteiger partial charge is 0.444 e. The van der Waals surface area contributed by atoms with E-state index in [0.717, 1.165) is 22.8 Å². The predicted molar refractivity (Wildman–Crippen MR) is 86.8 cm³/mol. The lowest BCUT2D eigenvalue weighted by Gasteiger charge is -2.30. The van der Waals surface area contributed by atoms with E-state index in [2.05, 4.69) is 10.1 Å². The SMILES string of the molecule is Cc1cccc(-c2cc3n(n2)CCN(C(=O)OC(C)(C)C)C3)n1. The Labute approximate surface area is 136 Å². The molecule has 0 spiro atoms. The maximum Gasteiger partial charge on any atom is 0.410 e. The van der Waals surface area contributed by atoms with Crippen molar-refractivity contribution in [3.05, 3.63) is 35.7 Å². The predicted octanol–water partition coefficient (Wildman–Crippen LogP) is 3.00. The van der Waals surface area contributed by atoms with Crippen molar-refractivity contribution in [1.29, 1.82) is 0 Å². The first-order chi connectivity index (χ1) is 10.8. The van der Waals surface area contributed by atoms with Gasteiger partial charge >= 0.3 is 6.09 Å². The van der Waals surface area contributed by atoms with Crippen molar-refractivity contribution >= 4 is 6.09 Å². The third kappa shape index (κ3) is 3.52. The van der Waals surface area contributed by atoms with Crippen LogP contribution in [0.4, 0.5) is 4.79 Å². The van der Waals surface area contributed by atoms with E-state index in [0.29, 0.717) is 19.6 Å². The van der Waals surface area contributed by atoms with E-state index in [1.165, 1.54) is 0 Å². The topological polar surface area (TPSA) is 60.2 Å². The van der Waals surface area contributed by atoms with Gasteiger partial charge in [0.25, 0.3) is 0 Å². The van der Waals surface area contributed by atoms with Crippen LogP contribution < -0.4 is 0 Å². The fraction of sp³-hybridized carbons (Fsp3) is 0.471. The minimum atomic E-state index is -0.481. The number of amides is 1. The second-order valence-corrected chi connectivity index (χ2v) is 6.81. The van der Waals surface area contributed by atoms with Gasteiger partial charge in [0.05, 0.1) is 24.5 Å². The lowest BCUT2D eigenvalue weighted by Crippen LogP contribution is -2.41. The fourth-order valence-electron chi connectivity index (χ4n) is 2.56. The zero-order valence-corrected chi connectivity index (χ0v) is 14.0. The Morgan fingerprint density at radius 3 is 2.70 bits per heavy atom. The summed E-state index contributed by atoms with van der Waals surface area (Å²) in [5.41, 5.74) is 3.18. The number of ether oxygens (including phenoxy) is 1. The Hall–Kier alpha value is -2.37. The monoisotopic (exact) mass is 314 g/mol. The Kier molecular flexibility index (Phi) is 3.83. The molecule has 0 atom stereocenters. The number of aromatic nitrogens is 3. The van der Waals surface area contributed by atoms with Gasteiger partial charge in [-0.15, -0.1) is 0 Å². The van der Waals surface area contributed by atoms with Crippen molar-refractivity contribution < 1.29 is 9.53 Å². The molecule has 0 saturated heterocycles. The maximum atomic E-state index is 12.2. The van der Waals surface area contributed by atoms with Gasteiger partial charge in [-0.25, -0.2) is 4.79 Å². The number of pyridine rings is 1. The molecule has 0 fully saturated rings. The van der Waals surface area contributed by atoms with Crippen LogP contribution >= 0.6 is 0 Å². The average molecular weight is 314 g/mol. The lowest BCUT2D eigenvalue weighted by molar-refractivity contribution is 0.0194.